The molecule has 1 atom stereocenters. The van der Waals surface area contributed by atoms with Crippen LogP contribution in [0.3, 0.4) is 0 Å². The van der Waals surface area contributed by atoms with Gasteiger partial charge in [-0.1, -0.05) is 13.8 Å². The van der Waals surface area contributed by atoms with Gasteiger partial charge in [0.1, 0.15) is 0 Å². The number of thioether (sulfide) groups is 1. The number of hydrogen-bond donors (Lipinski definition) is 0. The van der Waals surface area contributed by atoms with E-state index in [2.05, 4.69) is 6.26 Å². The second-order valence-corrected chi connectivity index (χ2v) is 5.58. The van der Waals surface area contributed by atoms with E-state index in [1.165, 1.54) is 0 Å². The van der Waals surface area contributed by atoms with E-state index in [1.807, 2.05) is 25.6 Å². The lowest BCUT2D eigenvalue weighted by molar-refractivity contribution is 0.675. The van der Waals surface area contributed by atoms with Crippen LogP contribution in [0.4, 0.5) is 0 Å². The van der Waals surface area contributed by atoms with Gasteiger partial charge in [-0.05, 0) is 18.4 Å². The molecule has 0 aromatic heterocycles. The molecule has 0 fully saturated rings. The first kappa shape index (κ1) is 10.5. The second-order valence-electron chi connectivity index (χ2n) is 2.48. The van der Waals surface area contributed by atoms with Crippen LogP contribution in [0.2, 0.25) is 0 Å². The molecule has 0 bridgehead atoms. The highest BCUT2D eigenvalue weighted by atomic mass is 32.2. The topological polar surface area (TPSA) is 17.1 Å². The molecule has 3 heteroatoms. The third-order valence-corrected chi connectivity index (χ3v) is 3.66. The van der Waals surface area contributed by atoms with Crippen molar-refractivity contribution in [2.24, 2.45) is 0 Å². The Morgan fingerprint density at radius 2 is 2.10 bits per heavy atom. The molecule has 0 N–H and O–H groups in total. The Bertz CT molecular complexity index is 102. The van der Waals surface area contributed by atoms with Gasteiger partial charge in [0.15, 0.2) is 0 Å². The van der Waals surface area contributed by atoms with Crippen molar-refractivity contribution in [1.29, 1.82) is 0 Å². The highest BCUT2D eigenvalue weighted by Crippen LogP contribution is 2.00. The molecule has 0 rings (SSSR count). The molecule has 0 aromatic rings. The average Bonchev–Trinajstić information content (AvgIpc) is 1.88. The van der Waals surface area contributed by atoms with Gasteiger partial charge in [-0.3, -0.25) is 4.21 Å². The zero-order chi connectivity index (χ0) is 7.98. The summed E-state index contributed by atoms with van der Waals surface area (Å²) in [6, 6.07) is 0. The molecule has 0 spiro atoms. The predicted octanol–water partition coefficient (Wildman–Crippen LogP) is 1.90. The molecular formula is C7H16OS2. The van der Waals surface area contributed by atoms with Crippen LogP contribution in [0.25, 0.3) is 0 Å². The molecule has 0 amide bonds. The van der Waals surface area contributed by atoms with Gasteiger partial charge < -0.3 is 0 Å². The summed E-state index contributed by atoms with van der Waals surface area (Å²) in [5.74, 6) is 2.01. The van der Waals surface area contributed by atoms with Gasteiger partial charge in [0.05, 0.1) is 0 Å². The summed E-state index contributed by atoms with van der Waals surface area (Å²) in [5, 5.41) is 0.335. The lowest BCUT2D eigenvalue weighted by atomic mass is 10.6. The number of rotatable bonds is 5. The summed E-state index contributed by atoms with van der Waals surface area (Å²) < 4.78 is 11.1. The average molecular weight is 180 g/mol. The van der Waals surface area contributed by atoms with E-state index in [4.69, 9.17) is 0 Å². The van der Waals surface area contributed by atoms with Gasteiger partial charge in [0.2, 0.25) is 0 Å². The molecule has 10 heavy (non-hydrogen) atoms. The number of hydrogen-bond acceptors (Lipinski definition) is 2. The molecular weight excluding hydrogens is 164 g/mol. The molecule has 0 aliphatic carbocycles. The van der Waals surface area contributed by atoms with E-state index in [-0.39, 0.29) is 0 Å². The zero-order valence-electron chi connectivity index (χ0n) is 6.92. The molecule has 0 radical (unpaired) electrons. The fourth-order valence-electron chi connectivity index (χ4n) is 0.581. The highest BCUT2D eigenvalue weighted by Gasteiger charge is 2.02. The summed E-state index contributed by atoms with van der Waals surface area (Å²) in [5.41, 5.74) is 0. The molecule has 0 saturated carbocycles. The minimum absolute atomic E-state index is 0.335. The monoisotopic (exact) mass is 180 g/mol. The first-order chi connectivity index (χ1) is 4.68. The van der Waals surface area contributed by atoms with Crippen molar-refractivity contribution in [3.63, 3.8) is 0 Å². The first-order valence-corrected chi connectivity index (χ1v) is 6.32. The van der Waals surface area contributed by atoms with E-state index in [1.54, 1.807) is 0 Å². The Morgan fingerprint density at radius 1 is 1.50 bits per heavy atom. The van der Waals surface area contributed by atoms with Gasteiger partial charge in [-0.25, -0.2) is 0 Å². The van der Waals surface area contributed by atoms with Crippen LogP contribution < -0.4 is 0 Å². The molecule has 1 nitrogen and oxygen atoms in total. The van der Waals surface area contributed by atoms with Gasteiger partial charge >= 0.3 is 0 Å². The zero-order valence-corrected chi connectivity index (χ0v) is 8.56. The maximum atomic E-state index is 11.1. The second kappa shape index (κ2) is 6.23. The minimum atomic E-state index is -0.587. The standard InChI is InChI=1S/C7H16OS2/c1-7(2)10(8)6-4-5-9-3/h7H,4-6H2,1-3H3. The SMILES string of the molecule is CSCCCS(=O)C(C)C. The van der Waals surface area contributed by atoms with Crippen LogP contribution in [0.5, 0.6) is 0 Å². The van der Waals surface area contributed by atoms with Crippen molar-refractivity contribution < 1.29 is 4.21 Å². The molecule has 0 aliphatic rings. The van der Waals surface area contributed by atoms with Crippen molar-refractivity contribution in [1.82, 2.24) is 0 Å². The van der Waals surface area contributed by atoms with E-state index in [0.29, 0.717) is 5.25 Å². The van der Waals surface area contributed by atoms with Crippen molar-refractivity contribution in [3.05, 3.63) is 0 Å². The lowest BCUT2D eigenvalue weighted by Crippen LogP contribution is -2.09. The van der Waals surface area contributed by atoms with E-state index in [9.17, 15) is 4.21 Å². The third-order valence-electron chi connectivity index (χ3n) is 1.22. The summed E-state index contributed by atoms with van der Waals surface area (Å²) in [6.07, 6.45) is 3.17. The van der Waals surface area contributed by atoms with Crippen molar-refractivity contribution in [3.8, 4) is 0 Å². The molecule has 62 valence electrons. The molecule has 0 aliphatic heterocycles. The van der Waals surface area contributed by atoms with Crippen LogP contribution >= 0.6 is 11.8 Å². The van der Waals surface area contributed by atoms with Gasteiger partial charge in [0, 0.05) is 21.8 Å². The maximum absolute atomic E-state index is 11.1. The molecule has 0 heterocycles. The molecule has 1 unspecified atom stereocenters. The van der Waals surface area contributed by atoms with Crippen LogP contribution in [0.1, 0.15) is 20.3 Å². The minimum Gasteiger partial charge on any atom is -0.259 e. The largest absolute Gasteiger partial charge is 0.259 e. The van der Waals surface area contributed by atoms with Crippen molar-refractivity contribution in [2.45, 2.75) is 25.5 Å². The molecule has 0 saturated heterocycles. The van der Waals surface area contributed by atoms with Crippen molar-refractivity contribution >= 4 is 22.6 Å². The lowest BCUT2D eigenvalue weighted by Gasteiger charge is -2.03. The van der Waals surface area contributed by atoms with Gasteiger partial charge in [-0.2, -0.15) is 11.8 Å². The summed E-state index contributed by atoms with van der Waals surface area (Å²) in [7, 11) is -0.587. The fourth-order valence-corrected chi connectivity index (χ4v) is 2.10. The Labute approximate surface area is 70.4 Å². The normalized spacial score (nSPS) is 14.0. The van der Waals surface area contributed by atoms with Gasteiger partial charge in [0.25, 0.3) is 0 Å². The Morgan fingerprint density at radius 3 is 2.50 bits per heavy atom. The van der Waals surface area contributed by atoms with E-state index >= 15 is 0 Å². The highest BCUT2D eigenvalue weighted by molar-refractivity contribution is 7.98. The van der Waals surface area contributed by atoms with Crippen LogP contribution in [-0.2, 0) is 10.8 Å². The van der Waals surface area contributed by atoms with Crippen molar-refractivity contribution in [2.75, 3.05) is 17.8 Å². The smallest absolute Gasteiger partial charge is 0.0291 e. The Hall–Kier alpha value is 0.500. The van der Waals surface area contributed by atoms with E-state index in [0.717, 1.165) is 17.9 Å². The summed E-state index contributed by atoms with van der Waals surface area (Å²) in [4.78, 5) is 0. The summed E-state index contributed by atoms with van der Waals surface area (Å²) >= 11 is 1.82. The van der Waals surface area contributed by atoms with Gasteiger partial charge in [-0.15, -0.1) is 0 Å². The Kier molecular flexibility index (Phi) is 6.54. The fraction of sp³-hybridized carbons (Fsp3) is 1.00. The predicted molar refractivity (Wildman–Crippen MR) is 51.1 cm³/mol. The van der Waals surface area contributed by atoms with Crippen LogP contribution in [0.15, 0.2) is 0 Å². The molecule has 0 aromatic carbocycles. The van der Waals surface area contributed by atoms with E-state index < -0.39 is 10.8 Å². The maximum Gasteiger partial charge on any atom is 0.0291 e. The quantitative estimate of drug-likeness (QED) is 0.601. The third kappa shape index (κ3) is 5.30. The summed E-state index contributed by atoms with van der Waals surface area (Å²) in [6.45, 7) is 4.02. The Balaban J connectivity index is 3.22. The van der Waals surface area contributed by atoms with Crippen LogP contribution in [-0.4, -0.2) is 27.2 Å². The first-order valence-electron chi connectivity index (χ1n) is 3.54. The van der Waals surface area contributed by atoms with Crippen LogP contribution in [0, 0.1) is 0 Å².